The smallest absolute Gasteiger partial charge is 0.337 e. The first-order valence-corrected chi connectivity index (χ1v) is 7.03. The number of hydrogen-bond donors (Lipinski definition) is 3. The van der Waals surface area contributed by atoms with Crippen LogP contribution in [0, 0.1) is 0 Å². The Kier molecular flexibility index (Phi) is 4.98. The van der Waals surface area contributed by atoms with Gasteiger partial charge in [0.1, 0.15) is 0 Å². The Morgan fingerprint density at radius 2 is 2.10 bits per heavy atom. The van der Waals surface area contributed by atoms with E-state index < -0.39 is 5.97 Å². The summed E-state index contributed by atoms with van der Waals surface area (Å²) in [6, 6.07) is 4.19. The van der Waals surface area contributed by atoms with Gasteiger partial charge in [0.05, 0.1) is 16.6 Å². The maximum absolute atomic E-state index is 12.1. The molecule has 1 aliphatic rings. The van der Waals surface area contributed by atoms with Crippen molar-refractivity contribution in [3.63, 3.8) is 0 Å². The van der Waals surface area contributed by atoms with Crippen molar-refractivity contribution in [1.82, 2.24) is 5.32 Å². The van der Waals surface area contributed by atoms with Gasteiger partial charge in [-0.15, -0.1) is 0 Å². The van der Waals surface area contributed by atoms with Gasteiger partial charge in [-0.2, -0.15) is 0 Å². The third kappa shape index (κ3) is 3.71. The van der Waals surface area contributed by atoms with Gasteiger partial charge in [-0.1, -0.05) is 24.4 Å². The maximum atomic E-state index is 12.1. The minimum atomic E-state index is -1.08. The highest BCUT2D eigenvalue weighted by Gasteiger charge is 2.20. The number of aromatic carboxylic acids is 1. The van der Waals surface area contributed by atoms with Gasteiger partial charge in [-0.3, -0.25) is 4.79 Å². The summed E-state index contributed by atoms with van der Waals surface area (Å²) in [6.07, 6.45) is 4.06. The van der Waals surface area contributed by atoms with Gasteiger partial charge in [0.15, 0.2) is 0 Å². The molecule has 5 nitrogen and oxygen atoms in total. The highest BCUT2D eigenvalue weighted by atomic mass is 35.5. The molecule has 0 spiro atoms. The summed E-state index contributed by atoms with van der Waals surface area (Å²) in [5, 5.41) is 15.0. The normalized spacial score (nSPS) is 19.1. The number of carbonyl (C=O) groups excluding carboxylic acids is 1. The number of carbonyl (C=O) groups is 2. The molecule has 0 aliphatic carbocycles. The van der Waals surface area contributed by atoms with Gasteiger partial charge < -0.3 is 15.7 Å². The van der Waals surface area contributed by atoms with E-state index >= 15 is 0 Å². The summed E-state index contributed by atoms with van der Waals surface area (Å²) in [7, 11) is 0. The van der Waals surface area contributed by atoms with Crippen molar-refractivity contribution in [2.24, 2.45) is 0 Å². The third-order valence-corrected chi connectivity index (χ3v) is 3.66. The molecule has 1 heterocycles. The Morgan fingerprint density at radius 3 is 2.80 bits per heavy atom. The Bertz CT molecular complexity index is 511. The van der Waals surface area contributed by atoms with Gasteiger partial charge in [0, 0.05) is 5.69 Å². The van der Waals surface area contributed by atoms with Crippen LogP contribution in [-0.4, -0.2) is 29.6 Å². The maximum Gasteiger partial charge on any atom is 0.337 e. The van der Waals surface area contributed by atoms with Crippen molar-refractivity contribution in [2.75, 3.05) is 11.9 Å². The second kappa shape index (κ2) is 6.72. The number of anilines is 1. The standard InChI is InChI=1S/C14H17ClN2O3/c15-11-8-9(5-6-10(11)14(19)20)17-13(18)12-4-2-1-3-7-16-12/h5-6,8,12,16H,1-4,7H2,(H,17,18)(H,19,20). The monoisotopic (exact) mass is 296 g/mol. The van der Waals surface area contributed by atoms with Crippen molar-refractivity contribution in [1.29, 1.82) is 0 Å². The number of carboxylic acids is 1. The Labute approximate surface area is 122 Å². The summed E-state index contributed by atoms with van der Waals surface area (Å²) >= 11 is 5.87. The molecule has 1 aliphatic heterocycles. The molecule has 1 atom stereocenters. The van der Waals surface area contributed by atoms with Crippen molar-refractivity contribution < 1.29 is 14.7 Å². The fourth-order valence-corrected chi connectivity index (χ4v) is 2.51. The molecule has 6 heteroatoms. The molecular weight excluding hydrogens is 280 g/mol. The lowest BCUT2D eigenvalue weighted by atomic mass is 10.1. The summed E-state index contributed by atoms with van der Waals surface area (Å²) in [5.74, 6) is -1.19. The van der Waals surface area contributed by atoms with E-state index in [0.717, 1.165) is 32.2 Å². The minimum absolute atomic E-state index is 0.0252. The summed E-state index contributed by atoms with van der Waals surface area (Å²) in [6.45, 7) is 0.844. The van der Waals surface area contributed by atoms with Gasteiger partial charge in [0.2, 0.25) is 5.91 Å². The van der Waals surface area contributed by atoms with Crippen LogP contribution in [0.2, 0.25) is 5.02 Å². The molecule has 0 radical (unpaired) electrons. The van der Waals surface area contributed by atoms with Crippen molar-refractivity contribution >= 4 is 29.2 Å². The SMILES string of the molecule is O=C(O)c1ccc(NC(=O)C2CCCCCN2)cc1Cl. The third-order valence-electron chi connectivity index (χ3n) is 3.34. The molecule has 1 fully saturated rings. The first-order valence-electron chi connectivity index (χ1n) is 6.65. The molecule has 1 saturated heterocycles. The van der Waals surface area contributed by atoms with E-state index in [1.54, 1.807) is 6.07 Å². The number of hydrogen-bond acceptors (Lipinski definition) is 3. The average molecular weight is 297 g/mol. The van der Waals surface area contributed by atoms with Crippen LogP contribution in [0.5, 0.6) is 0 Å². The molecule has 0 aromatic heterocycles. The van der Waals surface area contributed by atoms with Crippen LogP contribution in [-0.2, 0) is 4.79 Å². The first-order chi connectivity index (χ1) is 9.58. The molecular formula is C14H17ClN2O3. The van der Waals surface area contributed by atoms with Gasteiger partial charge in [0.25, 0.3) is 0 Å². The quantitative estimate of drug-likeness (QED) is 0.801. The van der Waals surface area contributed by atoms with E-state index in [-0.39, 0.29) is 22.5 Å². The molecule has 1 aromatic rings. The molecule has 20 heavy (non-hydrogen) atoms. The van der Waals surface area contributed by atoms with Crippen molar-refractivity contribution in [3.05, 3.63) is 28.8 Å². The summed E-state index contributed by atoms with van der Waals surface area (Å²) in [5.41, 5.74) is 0.535. The zero-order valence-corrected chi connectivity index (χ0v) is 11.7. The van der Waals surface area contributed by atoms with E-state index in [4.69, 9.17) is 16.7 Å². The van der Waals surface area contributed by atoms with Crippen LogP contribution < -0.4 is 10.6 Å². The molecule has 1 unspecified atom stereocenters. The van der Waals surface area contributed by atoms with Crippen LogP contribution in [0.1, 0.15) is 36.0 Å². The second-order valence-corrected chi connectivity index (χ2v) is 5.25. The fraction of sp³-hybridized carbons (Fsp3) is 0.429. The molecule has 2 rings (SSSR count). The predicted octanol–water partition coefficient (Wildman–Crippen LogP) is 2.51. The van der Waals surface area contributed by atoms with Crippen LogP contribution in [0.4, 0.5) is 5.69 Å². The Hall–Kier alpha value is -1.59. The number of amides is 1. The van der Waals surface area contributed by atoms with Gasteiger partial charge in [-0.25, -0.2) is 4.79 Å². The summed E-state index contributed by atoms with van der Waals surface area (Å²) in [4.78, 5) is 23.0. The van der Waals surface area contributed by atoms with E-state index in [0.29, 0.717) is 5.69 Å². The lowest BCUT2D eigenvalue weighted by Gasteiger charge is -2.15. The first kappa shape index (κ1) is 14.8. The predicted molar refractivity (Wildman–Crippen MR) is 77.3 cm³/mol. The molecule has 108 valence electrons. The number of benzene rings is 1. The molecule has 0 saturated carbocycles. The Morgan fingerprint density at radius 1 is 1.30 bits per heavy atom. The largest absolute Gasteiger partial charge is 0.478 e. The zero-order chi connectivity index (χ0) is 14.5. The average Bonchev–Trinajstić information content (AvgIpc) is 2.67. The van der Waals surface area contributed by atoms with E-state index in [1.165, 1.54) is 12.1 Å². The van der Waals surface area contributed by atoms with E-state index in [1.807, 2.05) is 0 Å². The Balaban J connectivity index is 2.03. The molecule has 1 aromatic carbocycles. The van der Waals surface area contributed by atoms with E-state index in [2.05, 4.69) is 10.6 Å². The van der Waals surface area contributed by atoms with Crippen LogP contribution in [0.15, 0.2) is 18.2 Å². The highest BCUT2D eigenvalue weighted by Crippen LogP contribution is 2.21. The van der Waals surface area contributed by atoms with Crippen molar-refractivity contribution in [3.8, 4) is 0 Å². The van der Waals surface area contributed by atoms with Crippen LogP contribution in [0.3, 0.4) is 0 Å². The van der Waals surface area contributed by atoms with E-state index in [9.17, 15) is 9.59 Å². The number of nitrogens with one attached hydrogen (secondary N) is 2. The van der Waals surface area contributed by atoms with Gasteiger partial charge in [-0.05, 0) is 37.6 Å². The van der Waals surface area contributed by atoms with Crippen LogP contribution >= 0.6 is 11.6 Å². The number of rotatable bonds is 3. The minimum Gasteiger partial charge on any atom is -0.478 e. The highest BCUT2D eigenvalue weighted by molar-refractivity contribution is 6.33. The van der Waals surface area contributed by atoms with Crippen LogP contribution in [0.25, 0.3) is 0 Å². The van der Waals surface area contributed by atoms with Crippen molar-refractivity contribution in [2.45, 2.75) is 31.7 Å². The molecule has 3 N–H and O–H groups in total. The fourth-order valence-electron chi connectivity index (χ4n) is 2.25. The molecule has 1 amide bonds. The topological polar surface area (TPSA) is 78.4 Å². The second-order valence-electron chi connectivity index (χ2n) is 4.85. The zero-order valence-electron chi connectivity index (χ0n) is 11.0. The number of halogens is 1. The lowest BCUT2D eigenvalue weighted by Crippen LogP contribution is -2.39. The molecule has 0 bridgehead atoms. The lowest BCUT2D eigenvalue weighted by molar-refractivity contribution is -0.118. The van der Waals surface area contributed by atoms with Gasteiger partial charge >= 0.3 is 5.97 Å². The summed E-state index contributed by atoms with van der Waals surface area (Å²) < 4.78 is 0. The number of carboxylic acid groups (broad SMARTS) is 1.